The lowest BCUT2D eigenvalue weighted by molar-refractivity contribution is -0.122. The molecule has 0 aromatic carbocycles. The van der Waals surface area contributed by atoms with Crippen LogP contribution in [0.2, 0.25) is 0 Å². The van der Waals surface area contributed by atoms with Crippen LogP contribution >= 0.6 is 0 Å². The van der Waals surface area contributed by atoms with Crippen molar-refractivity contribution in [1.29, 1.82) is 0 Å². The van der Waals surface area contributed by atoms with Crippen molar-refractivity contribution in [2.24, 2.45) is 0 Å². The van der Waals surface area contributed by atoms with Gasteiger partial charge in [-0.25, -0.2) is 0 Å². The number of aliphatic hydroxyl groups is 1. The molecule has 0 heterocycles. The number of carbonyl (C=O) groups excluding carboxylic acids is 1. The zero-order valence-corrected chi connectivity index (χ0v) is 31.2. The molecule has 0 fully saturated rings. The van der Waals surface area contributed by atoms with Crippen molar-refractivity contribution in [2.45, 2.75) is 193 Å². The highest BCUT2D eigenvalue weighted by Crippen LogP contribution is 2.12. The highest BCUT2D eigenvalue weighted by atomic mass is 32.2. The molecular weight excluding hydrogens is 607 g/mol. The molecule has 0 aromatic rings. The van der Waals surface area contributed by atoms with Gasteiger partial charge >= 0.3 is 0 Å². The molecule has 0 aromatic heterocycles. The number of aliphatic hydroxyl groups excluding tert-OH is 1. The standard InChI is InChI=1S/C40H73NO5S/c1-3-5-7-9-11-13-15-17-19-21-23-25-27-29-31-33-35-39(42)38(37-47(44,45)46)41-40(43)36-34-32-30-28-26-24-22-20-18-16-14-12-10-8-6-4-2/h14,16,20,22,25,27,33,35,38-39,42H,3-13,15,17-19,21,23-24,26,28-32,34,36-37H2,1-2H3,(H,41,43)(H,44,45,46)/b16-14-,22-20-,27-25+,35-33+. The summed E-state index contributed by atoms with van der Waals surface area (Å²) in [4.78, 5) is 12.5. The summed E-state index contributed by atoms with van der Waals surface area (Å²) in [6, 6.07) is -1.08. The van der Waals surface area contributed by atoms with Gasteiger partial charge in [-0.1, -0.05) is 159 Å². The summed E-state index contributed by atoms with van der Waals surface area (Å²) in [6.45, 7) is 4.49. The van der Waals surface area contributed by atoms with Crippen molar-refractivity contribution in [3.05, 3.63) is 48.6 Å². The highest BCUT2D eigenvalue weighted by molar-refractivity contribution is 7.85. The second kappa shape index (κ2) is 34.2. The Bertz CT molecular complexity index is 925. The van der Waals surface area contributed by atoms with Gasteiger partial charge in [0, 0.05) is 6.42 Å². The van der Waals surface area contributed by atoms with E-state index in [2.05, 4.69) is 55.6 Å². The number of carbonyl (C=O) groups is 1. The Labute approximate surface area is 290 Å². The van der Waals surface area contributed by atoms with Gasteiger partial charge in [0.2, 0.25) is 5.91 Å². The largest absolute Gasteiger partial charge is 0.387 e. The summed E-state index contributed by atoms with van der Waals surface area (Å²) in [6.07, 6.45) is 45.2. The number of unbranched alkanes of at least 4 members (excludes halogenated alkanes) is 20. The Morgan fingerprint density at radius 3 is 1.49 bits per heavy atom. The number of rotatable bonds is 34. The van der Waals surface area contributed by atoms with E-state index in [1.54, 1.807) is 6.08 Å². The molecule has 0 aliphatic heterocycles. The molecular formula is C40H73NO5S. The lowest BCUT2D eigenvalue weighted by Gasteiger charge is -2.21. The third kappa shape index (κ3) is 35.4. The van der Waals surface area contributed by atoms with E-state index in [0.29, 0.717) is 12.8 Å². The summed E-state index contributed by atoms with van der Waals surface area (Å²) in [5, 5.41) is 13.2. The van der Waals surface area contributed by atoms with Crippen molar-refractivity contribution in [1.82, 2.24) is 5.32 Å². The molecule has 0 spiro atoms. The molecule has 7 heteroatoms. The van der Waals surface area contributed by atoms with Crippen LogP contribution in [0, 0.1) is 0 Å². The smallest absolute Gasteiger partial charge is 0.267 e. The fraction of sp³-hybridized carbons (Fsp3) is 0.775. The molecule has 1 amide bonds. The van der Waals surface area contributed by atoms with Gasteiger partial charge in [-0.2, -0.15) is 8.42 Å². The van der Waals surface area contributed by atoms with E-state index < -0.39 is 28.0 Å². The first-order chi connectivity index (χ1) is 22.8. The van der Waals surface area contributed by atoms with E-state index in [1.807, 2.05) is 0 Å². The van der Waals surface area contributed by atoms with E-state index in [4.69, 9.17) is 0 Å². The van der Waals surface area contributed by atoms with E-state index in [1.165, 1.54) is 102 Å². The molecule has 274 valence electrons. The lowest BCUT2D eigenvalue weighted by Crippen LogP contribution is -2.46. The van der Waals surface area contributed by atoms with Crippen LogP contribution in [-0.4, -0.2) is 41.9 Å². The molecule has 47 heavy (non-hydrogen) atoms. The van der Waals surface area contributed by atoms with Crippen molar-refractivity contribution in [3.63, 3.8) is 0 Å². The molecule has 0 radical (unpaired) electrons. The zero-order chi connectivity index (χ0) is 34.7. The Morgan fingerprint density at radius 2 is 0.979 bits per heavy atom. The van der Waals surface area contributed by atoms with Crippen molar-refractivity contribution < 1.29 is 22.9 Å². The first-order valence-corrected chi connectivity index (χ1v) is 20.9. The van der Waals surface area contributed by atoms with Gasteiger partial charge in [-0.15, -0.1) is 0 Å². The number of amides is 1. The van der Waals surface area contributed by atoms with Crippen molar-refractivity contribution >= 4 is 16.0 Å². The minimum Gasteiger partial charge on any atom is -0.387 e. The molecule has 0 aliphatic carbocycles. The molecule has 0 saturated heterocycles. The minimum absolute atomic E-state index is 0.271. The van der Waals surface area contributed by atoms with Crippen molar-refractivity contribution in [3.8, 4) is 0 Å². The first kappa shape index (κ1) is 45.3. The second-order valence-electron chi connectivity index (χ2n) is 13.2. The Balaban J connectivity index is 4.05. The van der Waals surface area contributed by atoms with Crippen LogP contribution in [0.4, 0.5) is 0 Å². The average molecular weight is 680 g/mol. The second-order valence-corrected chi connectivity index (χ2v) is 14.7. The van der Waals surface area contributed by atoms with Crippen LogP contribution in [-0.2, 0) is 14.9 Å². The summed E-state index contributed by atoms with van der Waals surface area (Å²) in [7, 11) is -4.36. The normalized spacial score (nSPS) is 13.9. The van der Waals surface area contributed by atoms with E-state index >= 15 is 0 Å². The van der Waals surface area contributed by atoms with E-state index in [-0.39, 0.29) is 12.3 Å². The van der Waals surface area contributed by atoms with Crippen LogP contribution in [0.3, 0.4) is 0 Å². The predicted molar refractivity (Wildman–Crippen MR) is 202 cm³/mol. The Morgan fingerprint density at radius 1 is 0.574 bits per heavy atom. The van der Waals surface area contributed by atoms with Crippen LogP contribution in [0.5, 0.6) is 0 Å². The third-order valence-corrected chi connectivity index (χ3v) is 9.26. The van der Waals surface area contributed by atoms with Gasteiger partial charge < -0.3 is 10.4 Å². The van der Waals surface area contributed by atoms with Crippen LogP contribution < -0.4 is 5.32 Å². The van der Waals surface area contributed by atoms with Crippen LogP contribution in [0.1, 0.15) is 181 Å². The summed E-state index contributed by atoms with van der Waals surface area (Å²) < 4.78 is 32.4. The van der Waals surface area contributed by atoms with E-state index in [0.717, 1.165) is 51.4 Å². The maximum absolute atomic E-state index is 12.5. The maximum atomic E-state index is 12.5. The average Bonchev–Trinajstić information content (AvgIpc) is 3.03. The molecule has 0 saturated carbocycles. The summed E-state index contributed by atoms with van der Waals surface area (Å²) >= 11 is 0. The summed E-state index contributed by atoms with van der Waals surface area (Å²) in [5.74, 6) is -1.02. The third-order valence-electron chi connectivity index (χ3n) is 8.48. The SMILES string of the molecule is CCCCCC/C=C\C/C=C\CCCCCCCC(=O)NC(CS(=O)(=O)O)C(O)/C=C/CC/C=C/CCCCCCCCCCCC. The molecule has 0 bridgehead atoms. The monoisotopic (exact) mass is 680 g/mol. The maximum Gasteiger partial charge on any atom is 0.267 e. The molecule has 2 atom stereocenters. The van der Waals surface area contributed by atoms with Gasteiger partial charge in [0.05, 0.1) is 17.9 Å². The van der Waals surface area contributed by atoms with Gasteiger partial charge in [0.1, 0.15) is 0 Å². The van der Waals surface area contributed by atoms with Gasteiger partial charge in [0.15, 0.2) is 0 Å². The first-order valence-electron chi connectivity index (χ1n) is 19.3. The molecule has 0 rings (SSSR count). The molecule has 0 aliphatic rings. The zero-order valence-electron chi connectivity index (χ0n) is 30.4. The van der Waals surface area contributed by atoms with Gasteiger partial charge in [-0.3, -0.25) is 9.35 Å². The van der Waals surface area contributed by atoms with Crippen LogP contribution in [0.15, 0.2) is 48.6 Å². The molecule has 3 N–H and O–H groups in total. The fourth-order valence-corrected chi connectivity index (χ4v) is 6.29. The number of hydrogen-bond donors (Lipinski definition) is 3. The fourth-order valence-electron chi connectivity index (χ4n) is 5.55. The predicted octanol–water partition coefficient (Wildman–Crippen LogP) is 11.1. The molecule has 6 nitrogen and oxygen atoms in total. The number of nitrogens with one attached hydrogen (secondary N) is 1. The van der Waals surface area contributed by atoms with Gasteiger partial charge in [0.25, 0.3) is 10.1 Å². The van der Waals surface area contributed by atoms with E-state index in [9.17, 15) is 22.9 Å². The van der Waals surface area contributed by atoms with Crippen LogP contribution in [0.25, 0.3) is 0 Å². The Hall–Kier alpha value is -1.70. The van der Waals surface area contributed by atoms with Gasteiger partial charge in [-0.05, 0) is 64.2 Å². The molecule has 2 unspecified atom stereocenters. The number of hydrogen-bond acceptors (Lipinski definition) is 4. The topological polar surface area (TPSA) is 104 Å². The minimum atomic E-state index is -4.36. The quantitative estimate of drug-likeness (QED) is 0.0357. The summed E-state index contributed by atoms with van der Waals surface area (Å²) in [5.41, 5.74) is 0. The lowest BCUT2D eigenvalue weighted by atomic mass is 10.1. The number of allylic oxidation sites excluding steroid dienone is 7. The highest BCUT2D eigenvalue weighted by Gasteiger charge is 2.24. The van der Waals surface area contributed by atoms with Crippen molar-refractivity contribution in [2.75, 3.05) is 5.75 Å². The Kier molecular flexibility index (Phi) is 32.9.